The topological polar surface area (TPSA) is 46.9 Å². The summed E-state index contributed by atoms with van der Waals surface area (Å²) in [5.74, 6) is -0.793. The first-order valence-corrected chi connectivity index (χ1v) is 10.3. The van der Waals surface area contributed by atoms with Gasteiger partial charge in [-0.2, -0.15) is 5.10 Å². The molecule has 0 fully saturated rings. The molecular formula is C27H20FN3O. The van der Waals surface area contributed by atoms with Crippen molar-refractivity contribution in [3.8, 4) is 16.8 Å². The number of nitrogens with one attached hydrogen (secondary N) is 1. The number of aromatic nitrogens is 2. The Labute approximate surface area is 184 Å². The van der Waals surface area contributed by atoms with Gasteiger partial charge < -0.3 is 5.32 Å². The van der Waals surface area contributed by atoms with Gasteiger partial charge in [0.2, 0.25) is 0 Å². The lowest BCUT2D eigenvalue weighted by Crippen LogP contribution is -2.17. The molecule has 4 nitrogen and oxygen atoms in total. The molecule has 4 aromatic carbocycles. The van der Waals surface area contributed by atoms with Gasteiger partial charge >= 0.3 is 0 Å². The van der Waals surface area contributed by atoms with Crippen molar-refractivity contribution in [2.24, 2.45) is 0 Å². The van der Waals surface area contributed by atoms with Crippen molar-refractivity contribution in [2.75, 3.05) is 5.32 Å². The predicted octanol–water partition coefficient (Wildman–Crippen LogP) is 6.39. The minimum Gasteiger partial charge on any atom is -0.321 e. The number of carbonyl (C=O) groups excluding carboxylic acids is 1. The second-order valence-corrected chi connectivity index (χ2v) is 7.63. The van der Waals surface area contributed by atoms with E-state index < -0.39 is 5.82 Å². The summed E-state index contributed by atoms with van der Waals surface area (Å²) in [6, 6.07) is 30.0. The molecule has 156 valence electrons. The number of hydrogen-bond donors (Lipinski definition) is 1. The van der Waals surface area contributed by atoms with E-state index in [1.54, 1.807) is 19.1 Å². The van der Waals surface area contributed by atoms with Crippen LogP contribution in [0.15, 0.2) is 97.1 Å². The number of carbonyl (C=O) groups is 1. The Kier molecular flexibility index (Phi) is 5.00. The lowest BCUT2D eigenvalue weighted by molar-refractivity contribution is 0.101. The number of benzene rings is 4. The van der Waals surface area contributed by atoms with Crippen molar-refractivity contribution in [1.29, 1.82) is 0 Å². The molecule has 0 aliphatic rings. The Morgan fingerprint density at radius 3 is 2.16 bits per heavy atom. The minimum atomic E-state index is -0.437. The van der Waals surface area contributed by atoms with Gasteiger partial charge in [0, 0.05) is 5.69 Å². The van der Waals surface area contributed by atoms with Crippen LogP contribution in [0.4, 0.5) is 10.1 Å². The summed E-state index contributed by atoms with van der Waals surface area (Å²) in [7, 11) is 0. The van der Waals surface area contributed by atoms with Crippen LogP contribution >= 0.6 is 0 Å². The number of aryl methyl sites for hydroxylation is 1. The largest absolute Gasteiger partial charge is 0.321 e. The number of amides is 1. The van der Waals surface area contributed by atoms with Crippen LogP contribution in [0.5, 0.6) is 0 Å². The Balaban J connectivity index is 1.45. The molecule has 0 spiro atoms. The van der Waals surface area contributed by atoms with E-state index in [0.29, 0.717) is 11.4 Å². The highest BCUT2D eigenvalue weighted by Gasteiger charge is 2.18. The standard InChI is InChI=1S/C27H20FN3O/c1-18-15-26(31(30-18)25-17-22-10-6-5-9-21(22)16-24(25)28)27(32)29-23-13-11-20(12-14-23)19-7-3-2-4-8-19/h2-17H,1H3,(H,29,32). The zero-order valence-electron chi connectivity index (χ0n) is 17.4. The highest BCUT2D eigenvalue weighted by Crippen LogP contribution is 2.25. The molecule has 5 aromatic rings. The maximum absolute atomic E-state index is 14.9. The average Bonchev–Trinajstić information content (AvgIpc) is 3.21. The quantitative estimate of drug-likeness (QED) is 0.365. The Morgan fingerprint density at radius 1 is 0.812 bits per heavy atom. The van der Waals surface area contributed by atoms with Crippen LogP contribution in [-0.4, -0.2) is 15.7 Å². The van der Waals surface area contributed by atoms with E-state index in [0.717, 1.165) is 21.9 Å². The van der Waals surface area contributed by atoms with Crippen molar-refractivity contribution in [3.05, 3.63) is 114 Å². The molecule has 0 saturated heterocycles. The summed E-state index contributed by atoms with van der Waals surface area (Å²) < 4.78 is 16.3. The highest BCUT2D eigenvalue weighted by atomic mass is 19.1. The molecule has 0 aliphatic heterocycles. The second kappa shape index (κ2) is 8.12. The van der Waals surface area contributed by atoms with Gasteiger partial charge in [0.25, 0.3) is 5.91 Å². The lowest BCUT2D eigenvalue weighted by atomic mass is 10.1. The minimum absolute atomic E-state index is 0.237. The van der Waals surface area contributed by atoms with E-state index in [1.807, 2.05) is 78.9 Å². The molecule has 0 unspecified atom stereocenters. The average molecular weight is 421 g/mol. The van der Waals surface area contributed by atoms with E-state index in [1.165, 1.54) is 10.7 Å². The normalized spacial score (nSPS) is 10.9. The SMILES string of the molecule is Cc1cc(C(=O)Nc2ccc(-c3ccccc3)cc2)n(-c2cc3ccccc3cc2F)n1. The number of hydrogen-bond acceptors (Lipinski definition) is 2. The van der Waals surface area contributed by atoms with Gasteiger partial charge in [0.1, 0.15) is 17.2 Å². The number of anilines is 1. The molecule has 1 N–H and O–H groups in total. The van der Waals surface area contributed by atoms with Crippen molar-refractivity contribution in [1.82, 2.24) is 9.78 Å². The molecule has 5 rings (SSSR count). The Morgan fingerprint density at radius 2 is 1.44 bits per heavy atom. The zero-order valence-corrected chi connectivity index (χ0v) is 17.4. The molecule has 0 radical (unpaired) electrons. The number of nitrogens with zero attached hydrogens (tertiary/aromatic N) is 2. The summed E-state index contributed by atoms with van der Waals surface area (Å²) in [5, 5.41) is 8.94. The van der Waals surface area contributed by atoms with Crippen LogP contribution in [0.3, 0.4) is 0 Å². The van der Waals surface area contributed by atoms with Gasteiger partial charge in [0.15, 0.2) is 0 Å². The Bertz CT molecular complexity index is 1420. The number of rotatable bonds is 4. The fourth-order valence-corrected chi connectivity index (χ4v) is 3.78. The van der Waals surface area contributed by atoms with E-state index in [2.05, 4.69) is 10.4 Å². The van der Waals surface area contributed by atoms with E-state index >= 15 is 0 Å². The molecule has 1 aromatic heterocycles. The number of fused-ring (bicyclic) bond motifs is 1. The molecule has 5 heteroatoms. The first-order chi connectivity index (χ1) is 15.6. The lowest BCUT2D eigenvalue weighted by Gasteiger charge is -2.11. The molecule has 1 amide bonds. The molecule has 1 heterocycles. The summed E-state index contributed by atoms with van der Waals surface area (Å²) in [4.78, 5) is 13.1. The van der Waals surface area contributed by atoms with Crippen molar-refractivity contribution in [2.45, 2.75) is 6.92 Å². The predicted molar refractivity (Wildman–Crippen MR) is 126 cm³/mol. The highest BCUT2D eigenvalue weighted by molar-refractivity contribution is 6.03. The van der Waals surface area contributed by atoms with Gasteiger partial charge in [-0.25, -0.2) is 9.07 Å². The molecular weight excluding hydrogens is 401 g/mol. The van der Waals surface area contributed by atoms with Crippen LogP contribution < -0.4 is 5.32 Å². The van der Waals surface area contributed by atoms with Gasteiger partial charge in [-0.05, 0) is 59.2 Å². The van der Waals surface area contributed by atoms with Gasteiger partial charge in [-0.15, -0.1) is 0 Å². The molecule has 0 aliphatic carbocycles. The van der Waals surface area contributed by atoms with E-state index in [-0.39, 0.29) is 17.3 Å². The maximum Gasteiger partial charge on any atom is 0.274 e. The molecule has 0 bridgehead atoms. The maximum atomic E-state index is 14.9. The van der Waals surface area contributed by atoms with Crippen LogP contribution in [-0.2, 0) is 0 Å². The van der Waals surface area contributed by atoms with E-state index in [9.17, 15) is 9.18 Å². The third-order valence-electron chi connectivity index (χ3n) is 5.36. The van der Waals surface area contributed by atoms with Crippen molar-refractivity contribution >= 4 is 22.4 Å². The van der Waals surface area contributed by atoms with Gasteiger partial charge in [0.05, 0.1) is 5.69 Å². The van der Waals surface area contributed by atoms with E-state index in [4.69, 9.17) is 0 Å². The van der Waals surface area contributed by atoms with Crippen LogP contribution in [0.1, 0.15) is 16.2 Å². The fourth-order valence-electron chi connectivity index (χ4n) is 3.78. The van der Waals surface area contributed by atoms with Crippen LogP contribution in [0, 0.1) is 12.7 Å². The van der Waals surface area contributed by atoms with Crippen LogP contribution in [0.25, 0.3) is 27.6 Å². The summed E-state index contributed by atoms with van der Waals surface area (Å²) in [6.45, 7) is 1.78. The second-order valence-electron chi connectivity index (χ2n) is 7.63. The third kappa shape index (κ3) is 3.76. The monoisotopic (exact) mass is 421 g/mol. The summed E-state index contributed by atoms with van der Waals surface area (Å²) in [5.41, 5.74) is 3.94. The van der Waals surface area contributed by atoms with Crippen molar-refractivity contribution < 1.29 is 9.18 Å². The molecule has 0 saturated carbocycles. The molecule has 32 heavy (non-hydrogen) atoms. The first-order valence-electron chi connectivity index (χ1n) is 10.3. The molecule has 0 atom stereocenters. The Hall–Kier alpha value is -4.25. The zero-order chi connectivity index (χ0) is 22.1. The van der Waals surface area contributed by atoms with Gasteiger partial charge in [-0.3, -0.25) is 4.79 Å². The van der Waals surface area contributed by atoms with Crippen LogP contribution in [0.2, 0.25) is 0 Å². The summed E-state index contributed by atoms with van der Waals surface area (Å²) in [6.07, 6.45) is 0. The fraction of sp³-hybridized carbons (Fsp3) is 0.0370. The first kappa shape index (κ1) is 19.7. The third-order valence-corrected chi connectivity index (χ3v) is 5.36. The van der Waals surface area contributed by atoms with Gasteiger partial charge in [-0.1, -0.05) is 66.7 Å². The smallest absolute Gasteiger partial charge is 0.274 e. The van der Waals surface area contributed by atoms with Crippen molar-refractivity contribution in [3.63, 3.8) is 0 Å². The number of halogens is 1. The summed E-state index contributed by atoms with van der Waals surface area (Å²) >= 11 is 0.